The largest absolute Gasteiger partial charge is 0.449 e. The van der Waals surface area contributed by atoms with E-state index in [2.05, 4.69) is 52.2 Å². The number of nitrogens with one attached hydrogen (secondary N) is 1. The molecule has 0 radical (unpaired) electrons. The molecule has 3 rings (SSSR count). The van der Waals surface area contributed by atoms with E-state index >= 15 is 0 Å². The molecule has 1 atom stereocenters. The molecule has 1 N–H and O–H groups in total. The average Bonchev–Trinajstić information content (AvgIpc) is 2.85. The summed E-state index contributed by atoms with van der Waals surface area (Å²) in [5.74, 6) is 0.121. The van der Waals surface area contributed by atoms with Crippen LogP contribution in [-0.2, 0) is 4.74 Å². The van der Waals surface area contributed by atoms with Crippen LogP contribution in [0.1, 0.15) is 24.0 Å². The van der Waals surface area contributed by atoms with Crippen LogP contribution in [0, 0.1) is 0 Å². The number of fused-ring (bicyclic) bond motifs is 3. The lowest BCUT2D eigenvalue weighted by Crippen LogP contribution is -2.30. The number of ether oxygens (including phenoxy) is 1. The Morgan fingerprint density at radius 2 is 1.68 bits per heavy atom. The van der Waals surface area contributed by atoms with Crippen LogP contribution in [0.3, 0.4) is 0 Å². The van der Waals surface area contributed by atoms with Crippen molar-refractivity contribution in [3.63, 3.8) is 0 Å². The number of amides is 1. The van der Waals surface area contributed by atoms with Gasteiger partial charge < -0.3 is 10.1 Å². The molecule has 1 unspecified atom stereocenters. The van der Waals surface area contributed by atoms with Gasteiger partial charge in [-0.3, -0.25) is 0 Å². The molecule has 0 saturated carbocycles. The molecule has 3 nitrogen and oxygen atoms in total. The number of alkyl carbamates (subject to hydrolysis) is 1. The Hall–Kier alpha value is -1.56. The van der Waals surface area contributed by atoms with Gasteiger partial charge in [0.2, 0.25) is 0 Å². The normalized spacial score (nSPS) is 14.1. The minimum atomic E-state index is -0.342. The monoisotopic (exact) mass is 407 g/mol. The van der Waals surface area contributed by atoms with E-state index in [1.54, 1.807) is 0 Å². The van der Waals surface area contributed by atoms with Crippen molar-refractivity contribution in [3.05, 3.63) is 59.7 Å². The van der Waals surface area contributed by atoms with E-state index in [4.69, 9.17) is 4.74 Å². The number of carbonyl (C=O) groups excluding carboxylic acids is 1. The van der Waals surface area contributed by atoms with Gasteiger partial charge in [0, 0.05) is 16.4 Å². The number of hydrogen-bond acceptors (Lipinski definition) is 2. The molecule has 0 spiro atoms. The molecule has 2 aromatic rings. The zero-order valence-corrected chi connectivity index (χ0v) is 14.5. The lowest BCUT2D eigenvalue weighted by atomic mass is 9.98. The van der Waals surface area contributed by atoms with Gasteiger partial charge in [0.1, 0.15) is 6.61 Å². The number of carbonyl (C=O) groups is 1. The second kappa shape index (κ2) is 6.69. The molecule has 0 heterocycles. The van der Waals surface area contributed by atoms with Crippen molar-refractivity contribution in [1.82, 2.24) is 5.32 Å². The van der Waals surface area contributed by atoms with Gasteiger partial charge in [0.15, 0.2) is 0 Å². The number of benzene rings is 2. The molecule has 1 amide bonds. The quantitative estimate of drug-likeness (QED) is 0.605. The van der Waals surface area contributed by atoms with Crippen molar-refractivity contribution >= 4 is 28.7 Å². The van der Waals surface area contributed by atoms with Gasteiger partial charge in [0.05, 0.1) is 0 Å². The van der Waals surface area contributed by atoms with Crippen molar-refractivity contribution < 1.29 is 9.53 Å². The standard InChI is InChI=1S/C18H18INO2/c1-12(19)10-20-18(21)22-11-17-15-8-4-2-6-13(15)14-7-3-5-9-16(14)17/h2-9,12,17H,10-11H2,1H3,(H,20,21). The minimum absolute atomic E-state index is 0.121. The summed E-state index contributed by atoms with van der Waals surface area (Å²) in [4.78, 5) is 11.8. The second-order valence-electron chi connectivity index (χ2n) is 5.49. The van der Waals surface area contributed by atoms with Crippen molar-refractivity contribution in [3.8, 4) is 11.1 Å². The Morgan fingerprint density at radius 3 is 2.23 bits per heavy atom. The first kappa shape index (κ1) is 15.3. The van der Waals surface area contributed by atoms with Gasteiger partial charge in [-0.15, -0.1) is 0 Å². The molecule has 4 heteroatoms. The topological polar surface area (TPSA) is 38.3 Å². The predicted octanol–water partition coefficient (Wildman–Crippen LogP) is 4.35. The lowest BCUT2D eigenvalue weighted by molar-refractivity contribution is 0.143. The smallest absolute Gasteiger partial charge is 0.407 e. The maximum Gasteiger partial charge on any atom is 0.407 e. The van der Waals surface area contributed by atoms with Crippen molar-refractivity contribution in [2.45, 2.75) is 16.8 Å². The third-order valence-corrected chi connectivity index (χ3v) is 4.31. The van der Waals surface area contributed by atoms with Crippen molar-refractivity contribution in [2.75, 3.05) is 13.2 Å². The van der Waals surface area contributed by atoms with Gasteiger partial charge in [-0.1, -0.05) is 78.0 Å². The second-order valence-corrected chi connectivity index (χ2v) is 7.61. The van der Waals surface area contributed by atoms with Gasteiger partial charge in [0.25, 0.3) is 0 Å². The van der Waals surface area contributed by atoms with Crippen LogP contribution in [0.25, 0.3) is 11.1 Å². The molecular weight excluding hydrogens is 389 g/mol. The Kier molecular flexibility index (Phi) is 4.66. The van der Waals surface area contributed by atoms with Crippen molar-refractivity contribution in [1.29, 1.82) is 0 Å². The van der Waals surface area contributed by atoms with Crippen LogP contribution in [0.2, 0.25) is 0 Å². The van der Waals surface area contributed by atoms with Gasteiger partial charge in [-0.2, -0.15) is 0 Å². The molecule has 0 saturated heterocycles. The summed E-state index contributed by atoms with van der Waals surface area (Å²) in [6.45, 7) is 3.04. The fourth-order valence-corrected chi connectivity index (χ4v) is 3.09. The first-order valence-corrected chi connectivity index (χ1v) is 8.64. The van der Waals surface area contributed by atoms with Crippen LogP contribution >= 0.6 is 22.6 Å². The summed E-state index contributed by atoms with van der Waals surface area (Å²) in [5, 5.41) is 2.79. The Labute approximate surface area is 144 Å². The fourth-order valence-electron chi connectivity index (χ4n) is 2.87. The van der Waals surface area contributed by atoms with Crippen LogP contribution in [0.5, 0.6) is 0 Å². The fraction of sp³-hybridized carbons (Fsp3) is 0.278. The van der Waals surface area contributed by atoms with Gasteiger partial charge in [-0.05, 0) is 22.3 Å². The minimum Gasteiger partial charge on any atom is -0.449 e. The number of hydrogen-bond donors (Lipinski definition) is 1. The van der Waals surface area contributed by atoms with E-state index in [0.29, 0.717) is 17.1 Å². The molecule has 22 heavy (non-hydrogen) atoms. The predicted molar refractivity (Wildman–Crippen MR) is 96.6 cm³/mol. The zero-order chi connectivity index (χ0) is 15.5. The van der Waals surface area contributed by atoms with E-state index in [1.807, 2.05) is 31.2 Å². The highest BCUT2D eigenvalue weighted by Crippen LogP contribution is 2.44. The van der Waals surface area contributed by atoms with Gasteiger partial charge >= 0.3 is 6.09 Å². The summed E-state index contributed by atoms with van der Waals surface area (Å²) in [6, 6.07) is 16.7. The van der Waals surface area contributed by atoms with Crippen molar-refractivity contribution in [2.24, 2.45) is 0 Å². The first-order valence-electron chi connectivity index (χ1n) is 7.39. The molecular formula is C18H18INO2. The van der Waals surface area contributed by atoms with E-state index in [0.717, 1.165) is 0 Å². The third kappa shape index (κ3) is 3.11. The molecule has 2 aromatic carbocycles. The molecule has 1 aliphatic rings. The first-order chi connectivity index (χ1) is 10.7. The van der Waals surface area contributed by atoms with Crippen LogP contribution < -0.4 is 5.32 Å². The number of halogens is 1. The molecule has 0 aliphatic heterocycles. The summed E-state index contributed by atoms with van der Waals surface area (Å²) in [7, 11) is 0. The van der Waals surface area contributed by atoms with Gasteiger partial charge in [-0.25, -0.2) is 4.79 Å². The molecule has 0 fully saturated rings. The number of alkyl halides is 1. The summed E-state index contributed by atoms with van der Waals surface area (Å²) in [6.07, 6.45) is -0.342. The van der Waals surface area contributed by atoms with Crippen LogP contribution in [0.15, 0.2) is 48.5 Å². The zero-order valence-electron chi connectivity index (χ0n) is 12.4. The number of rotatable bonds is 4. The highest BCUT2D eigenvalue weighted by molar-refractivity contribution is 14.1. The van der Waals surface area contributed by atoms with E-state index < -0.39 is 0 Å². The summed E-state index contributed by atoms with van der Waals surface area (Å²) >= 11 is 2.27. The maximum absolute atomic E-state index is 11.8. The van der Waals surface area contributed by atoms with Crippen LogP contribution in [0.4, 0.5) is 4.79 Å². The van der Waals surface area contributed by atoms with E-state index in [9.17, 15) is 4.79 Å². The highest BCUT2D eigenvalue weighted by Gasteiger charge is 2.28. The van der Waals surface area contributed by atoms with Crippen LogP contribution in [-0.4, -0.2) is 23.2 Å². The lowest BCUT2D eigenvalue weighted by Gasteiger charge is -2.14. The molecule has 114 valence electrons. The Morgan fingerprint density at radius 1 is 1.14 bits per heavy atom. The summed E-state index contributed by atoms with van der Waals surface area (Å²) in [5.41, 5.74) is 4.96. The SMILES string of the molecule is CC(I)CNC(=O)OCC1c2ccccc2-c2ccccc21. The molecule has 0 aromatic heterocycles. The average molecular weight is 407 g/mol. The van der Waals surface area contributed by atoms with E-state index in [-0.39, 0.29) is 12.0 Å². The maximum atomic E-state index is 11.8. The Bertz CT molecular complexity index is 639. The highest BCUT2D eigenvalue weighted by atomic mass is 127. The molecule has 0 bridgehead atoms. The Balaban J connectivity index is 1.75. The summed E-state index contributed by atoms with van der Waals surface area (Å²) < 4.78 is 5.82. The molecule has 1 aliphatic carbocycles. The third-order valence-electron chi connectivity index (χ3n) is 3.87. The van der Waals surface area contributed by atoms with E-state index in [1.165, 1.54) is 22.3 Å².